The van der Waals surface area contributed by atoms with Crippen molar-refractivity contribution in [3.63, 3.8) is 0 Å². The molecule has 0 N–H and O–H groups in total. The Kier molecular flexibility index (Phi) is 9.01. The maximum Gasteiger partial charge on any atom is -0.0178 e. The quantitative estimate of drug-likeness (QED) is 0.220. The van der Waals surface area contributed by atoms with E-state index in [0.29, 0.717) is 0 Å². The number of hydrogen-bond donors (Lipinski definition) is 0. The Balaban J connectivity index is 0.000000187. The summed E-state index contributed by atoms with van der Waals surface area (Å²) in [6, 6.07) is 48.1. The van der Waals surface area contributed by atoms with E-state index in [2.05, 4.69) is 140 Å². The van der Waals surface area contributed by atoms with Gasteiger partial charge in [-0.2, -0.15) is 0 Å². The van der Waals surface area contributed by atoms with Gasteiger partial charge in [-0.05, 0) is 45.0 Å². The zero-order chi connectivity index (χ0) is 24.8. The van der Waals surface area contributed by atoms with Gasteiger partial charge in [0.25, 0.3) is 0 Å². The minimum atomic E-state index is 1.16. The number of rotatable bonds is 6. The molecule has 0 heterocycles. The van der Waals surface area contributed by atoms with Crippen LogP contribution in [0.15, 0.2) is 158 Å². The lowest BCUT2D eigenvalue weighted by atomic mass is 10.0. The van der Waals surface area contributed by atoms with Crippen molar-refractivity contribution in [2.24, 2.45) is 0 Å². The summed E-state index contributed by atoms with van der Waals surface area (Å²) in [5.41, 5.74) is 8.57. The van der Waals surface area contributed by atoms with E-state index < -0.39 is 0 Å². The molecule has 0 nitrogen and oxygen atoms in total. The molecule has 0 bridgehead atoms. The second-order valence-corrected chi connectivity index (χ2v) is 8.31. The van der Waals surface area contributed by atoms with E-state index in [4.69, 9.17) is 0 Å². The van der Waals surface area contributed by atoms with Crippen molar-refractivity contribution in [3.05, 3.63) is 175 Å². The van der Waals surface area contributed by atoms with Gasteiger partial charge in [0.15, 0.2) is 0 Å². The van der Waals surface area contributed by atoms with Crippen LogP contribution in [0.25, 0.3) is 40.5 Å². The van der Waals surface area contributed by atoms with Crippen LogP contribution in [0.1, 0.15) is 16.7 Å². The Labute approximate surface area is 215 Å². The summed E-state index contributed by atoms with van der Waals surface area (Å²) in [4.78, 5) is 0. The summed E-state index contributed by atoms with van der Waals surface area (Å²) in [6.07, 6.45) is 10.2. The Bertz CT molecular complexity index is 1390. The maximum atomic E-state index is 3.73. The number of benzene rings is 5. The molecular weight excluding hydrogens is 432 g/mol. The summed E-state index contributed by atoms with van der Waals surface area (Å²) >= 11 is 0. The minimum absolute atomic E-state index is 1.16. The van der Waals surface area contributed by atoms with Crippen LogP contribution < -0.4 is 0 Å². The van der Waals surface area contributed by atoms with Crippen LogP contribution in [-0.2, 0) is 0 Å². The highest BCUT2D eigenvalue weighted by molar-refractivity contribution is 5.68. The van der Waals surface area contributed by atoms with Gasteiger partial charge in [0.05, 0.1) is 0 Å². The summed E-state index contributed by atoms with van der Waals surface area (Å²) in [7, 11) is 0. The highest BCUT2D eigenvalue weighted by Crippen LogP contribution is 2.21. The van der Waals surface area contributed by atoms with Crippen molar-refractivity contribution in [2.45, 2.75) is 0 Å². The van der Waals surface area contributed by atoms with Crippen molar-refractivity contribution < 1.29 is 0 Å². The smallest absolute Gasteiger partial charge is 0.0178 e. The van der Waals surface area contributed by atoms with E-state index in [9.17, 15) is 0 Å². The summed E-state index contributed by atoms with van der Waals surface area (Å²) in [6.45, 7) is 3.73. The first-order valence-electron chi connectivity index (χ1n) is 12.1. The van der Waals surface area contributed by atoms with Crippen molar-refractivity contribution >= 4 is 18.2 Å². The molecule has 0 aliphatic carbocycles. The number of allylic oxidation sites excluding steroid dienone is 2. The molecule has 5 aromatic rings. The molecule has 0 unspecified atom stereocenters. The second-order valence-electron chi connectivity index (χ2n) is 8.31. The van der Waals surface area contributed by atoms with Gasteiger partial charge in [0.2, 0.25) is 0 Å². The third-order valence-corrected chi connectivity index (χ3v) is 5.74. The van der Waals surface area contributed by atoms with Gasteiger partial charge >= 0.3 is 0 Å². The van der Waals surface area contributed by atoms with E-state index >= 15 is 0 Å². The van der Waals surface area contributed by atoms with Gasteiger partial charge in [0.1, 0.15) is 0 Å². The lowest BCUT2D eigenvalue weighted by Crippen LogP contribution is -1.78. The Morgan fingerprint density at radius 2 is 0.806 bits per heavy atom. The molecule has 0 aliphatic rings. The van der Waals surface area contributed by atoms with Crippen LogP contribution in [-0.4, -0.2) is 0 Å². The molecule has 5 aromatic carbocycles. The predicted octanol–water partition coefficient (Wildman–Crippen LogP) is 10.1. The Morgan fingerprint density at radius 3 is 1.39 bits per heavy atom. The molecule has 36 heavy (non-hydrogen) atoms. The van der Waals surface area contributed by atoms with Gasteiger partial charge in [-0.1, -0.05) is 170 Å². The standard InChI is InChI=1S/C22H18.C14H12/c1-3-10-19(11-4-1)12-7-8-13-20-14-9-17-22(18-20)21-15-5-2-6-16-21;1-2-12-8-10-14(11-9-12)13-6-4-3-5-7-13/h1-18H;2-11H,1H2. The Hall–Kier alpha value is -4.68. The SMILES string of the molecule is C(C=Cc1cccc(-c2ccccc2)c1)=Cc1ccccc1.C=Cc1ccc(-c2ccccc2)cc1. The molecule has 0 aliphatic heterocycles. The average molecular weight is 463 g/mol. The molecule has 0 spiro atoms. The first-order valence-corrected chi connectivity index (χ1v) is 12.1. The first-order chi connectivity index (χ1) is 17.8. The van der Waals surface area contributed by atoms with Crippen LogP contribution in [0.4, 0.5) is 0 Å². The topological polar surface area (TPSA) is 0 Å². The van der Waals surface area contributed by atoms with E-state index in [-0.39, 0.29) is 0 Å². The van der Waals surface area contributed by atoms with Gasteiger partial charge in [0, 0.05) is 0 Å². The fourth-order valence-corrected chi connectivity index (χ4v) is 3.79. The van der Waals surface area contributed by atoms with Crippen LogP contribution in [0.5, 0.6) is 0 Å². The fraction of sp³-hybridized carbons (Fsp3) is 0. The predicted molar refractivity (Wildman–Crippen MR) is 158 cm³/mol. The maximum absolute atomic E-state index is 3.73. The Morgan fingerprint density at radius 1 is 0.361 bits per heavy atom. The molecule has 0 saturated carbocycles. The van der Waals surface area contributed by atoms with E-state index in [0.717, 1.165) is 5.56 Å². The highest BCUT2D eigenvalue weighted by Gasteiger charge is 1.96. The molecule has 0 aromatic heterocycles. The first kappa shape index (κ1) is 24.4. The van der Waals surface area contributed by atoms with E-state index in [1.54, 1.807) is 0 Å². The molecule has 0 amide bonds. The number of hydrogen-bond acceptors (Lipinski definition) is 0. The van der Waals surface area contributed by atoms with Crippen LogP contribution in [0.3, 0.4) is 0 Å². The van der Waals surface area contributed by atoms with E-state index in [1.165, 1.54) is 33.4 Å². The largest absolute Gasteiger partial charge is 0.0985 e. The molecule has 0 atom stereocenters. The normalized spacial score (nSPS) is 10.7. The molecule has 0 heteroatoms. The molecule has 174 valence electrons. The molecule has 0 radical (unpaired) electrons. The van der Waals surface area contributed by atoms with Crippen molar-refractivity contribution in [2.75, 3.05) is 0 Å². The molecular formula is C36H30. The second kappa shape index (κ2) is 13.3. The molecule has 5 rings (SSSR count). The zero-order valence-electron chi connectivity index (χ0n) is 20.4. The summed E-state index contributed by atoms with van der Waals surface area (Å²) in [5, 5.41) is 0. The third-order valence-electron chi connectivity index (χ3n) is 5.74. The van der Waals surface area contributed by atoms with Gasteiger partial charge in [-0.25, -0.2) is 0 Å². The van der Waals surface area contributed by atoms with Crippen LogP contribution in [0.2, 0.25) is 0 Å². The van der Waals surface area contributed by atoms with Crippen LogP contribution in [0, 0.1) is 0 Å². The van der Waals surface area contributed by atoms with Crippen molar-refractivity contribution in [1.29, 1.82) is 0 Å². The average Bonchev–Trinajstić information content (AvgIpc) is 2.97. The van der Waals surface area contributed by atoms with Gasteiger partial charge < -0.3 is 0 Å². The van der Waals surface area contributed by atoms with Crippen molar-refractivity contribution in [3.8, 4) is 22.3 Å². The monoisotopic (exact) mass is 462 g/mol. The van der Waals surface area contributed by atoms with Crippen LogP contribution >= 0.6 is 0 Å². The summed E-state index contributed by atoms with van der Waals surface area (Å²) < 4.78 is 0. The zero-order valence-corrected chi connectivity index (χ0v) is 20.4. The lowest BCUT2D eigenvalue weighted by molar-refractivity contribution is 1.60. The van der Waals surface area contributed by atoms with E-state index in [1.807, 2.05) is 36.4 Å². The van der Waals surface area contributed by atoms with Gasteiger partial charge in [-0.15, -0.1) is 0 Å². The highest BCUT2D eigenvalue weighted by atomic mass is 14.0. The molecule has 0 saturated heterocycles. The summed E-state index contributed by atoms with van der Waals surface area (Å²) in [5.74, 6) is 0. The van der Waals surface area contributed by atoms with Gasteiger partial charge in [-0.3, -0.25) is 0 Å². The molecule has 0 fully saturated rings. The fourth-order valence-electron chi connectivity index (χ4n) is 3.79. The lowest BCUT2D eigenvalue weighted by Gasteiger charge is -2.02. The third kappa shape index (κ3) is 7.41. The minimum Gasteiger partial charge on any atom is -0.0985 e. The van der Waals surface area contributed by atoms with Crippen molar-refractivity contribution in [1.82, 2.24) is 0 Å².